The van der Waals surface area contributed by atoms with E-state index in [0.29, 0.717) is 64.2 Å². The molecule has 1 fully saturated rings. The van der Waals surface area contributed by atoms with E-state index in [-0.39, 0.29) is 0 Å². The average molecular weight is 698 g/mol. The Balaban J connectivity index is 1.86. The summed E-state index contributed by atoms with van der Waals surface area (Å²) in [6, 6.07) is 17.2. The van der Waals surface area contributed by atoms with Crippen LogP contribution < -0.4 is 29.6 Å². The topological polar surface area (TPSA) is 132 Å². The van der Waals surface area contributed by atoms with Gasteiger partial charge in [-0.15, -0.1) is 0 Å². The lowest BCUT2D eigenvalue weighted by Crippen LogP contribution is -2.56. The SMILES string of the molecule is CCCOc1c(Br)cc(C2C(C(=O)Nc3ccccc3OCC)C(=O)CC(C)(O)C2C(=O)Nc2ccccc2OCC)cc1OC. The molecule has 4 atom stereocenters. The van der Waals surface area contributed by atoms with Crippen molar-refractivity contribution in [2.24, 2.45) is 11.8 Å². The number of hydrogen-bond acceptors (Lipinski definition) is 8. The number of anilines is 2. The second kappa shape index (κ2) is 15.5. The summed E-state index contributed by atoms with van der Waals surface area (Å²) in [4.78, 5) is 42.3. The predicted octanol–water partition coefficient (Wildman–Crippen LogP) is 6.36. The molecule has 1 saturated carbocycles. The lowest BCUT2D eigenvalue weighted by Gasteiger charge is -2.44. The van der Waals surface area contributed by atoms with Crippen LogP contribution in [0.4, 0.5) is 11.4 Å². The number of carbonyl (C=O) groups is 3. The van der Waals surface area contributed by atoms with Crippen LogP contribution in [0.1, 0.15) is 52.0 Å². The number of hydrogen-bond donors (Lipinski definition) is 3. The zero-order valence-corrected chi connectivity index (χ0v) is 28.3. The van der Waals surface area contributed by atoms with Crippen LogP contribution in [0.2, 0.25) is 0 Å². The Kier molecular flexibility index (Phi) is 11.7. The summed E-state index contributed by atoms with van der Waals surface area (Å²) in [6.45, 7) is 8.25. The van der Waals surface area contributed by atoms with Crippen LogP contribution in [0.25, 0.3) is 0 Å². The summed E-state index contributed by atoms with van der Waals surface area (Å²) in [5, 5.41) is 17.5. The average Bonchev–Trinajstić information content (AvgIpc) is 3.01. The van der Waals surface area contributed by atoms with E-state index in [1.54, 1.807) is 60.7 Å². The molecule has 11 heteroatoms. The highest BCUT2D eigenvalue weighted by molar-refractivity contribution is 9.10. The van der Waals surface area contributed by atoms with Gasteiger partial charge in [0, 0.05) is 12.3 Å². The number of nitrogens with one attached hydrogen (secondary N) is 2. The first-order valence-electron chi connectivity index (χ1n) is 15.4. The summed E-state index contributed by atoms with van der Waals surface area (Å²) in [6.07, 6.45) is 0.337. The number of aliphatic hydroxyl groups is 1. The summed E-state index contributed by atoms with van der Waals surface area (Å²) in [5.74, 6) is -3.77. The molecule has 3 aromatic rings. The predicted molar refractivity (Wildman–Crippen MR) is 179 cm³/mol. The Hall–Kier alpha value is -4.09. The number of rotatable bonds is 13. The van der Waals surface area contributed by atoms with Crippen molar-refractivity contribution in [3.05, 3.63) is 70.7 Å². The van der Waals surface area contributed by atoms with Gasteiger partial charge in [0.05, 0.1) is 54.3 Å². The molecule has 4 unspecified atom stereocenters. The molecule has 4 rings (SSSR count). The van der Waals surface area contributed by atoms with Gasteiger partial charge in [0.2, 0.25) is 11.8 Å². The minimum atomic E-state index is -1.82. The number of benzene rings is 3. The number of amides is 2. The first-order chi connectivity index (χ1) is 22.1. The summed E-state index contributed by atoms with van der Waals surface area (Å²) in [7, 11) is 1.48. The van der Waals surface area contributed by atoms with Gasteiger partial charge in [-0.2, -0.15) is 0 Å². The molecule has 0 heterocycles. The van der Waals surface area contributed by atoms with Crippen LogP contribution in [0.5, 0.6) is 23.0 Å². The van der Waals surface area contributed by atoms with Crippen molar-refractivity contribution in [1.82, 2.24) is 0 Å². The van der Waals surface area contributed by atoms with Gasteiger partial charge in [-0.25, -0.2) is 0 Å². The van der Waals surface area contributed by atoms with Gasteiger partial charge in [-0.3, -0.25) is 14.4 Å². The Morgan fingerprint density at radius 2 is 1.46 bits per heavy atom. The van der Waals surface area contributed by atoms with Crippen molar-refractivity contribution in [2.45, 2.75) is 52.1 Å². The molecule has 3 N–H and O–H groups in total. The molecule has 0 radical (unpaired) electrons. The second-order valence-electron chi connectivity index (χ2n) is 11.2. The summed E-state index contributed by atoms with van der Waals surface area (Å²) in [5.41, 5.74) is -0.609. The smallest absolute Gasteiger partial charge is 0.235 e. The number of para-hydroxylation sites is 4. The molecule has 246 valence electrons. The first-order valence-corrected chi connectivity index (χ1v) is 16.2. The van der Waals surface area contributed by atoms with E-state index < -0.39 is 47.4 Å². The first kappa shape index (κ1) is 34.8. The van der Waals surface area contributed by atoms with E-state index in [0.717, 1.165) is 6.42 Å². The van der Waals surface area contributed by atoms with Crippen molar-refractivity contribution in [3.63, 3.8) is 0 Å². The Morgan fingerprint density at radius 3 is 2.00 bits per heavy atom. The van der Waals surface area contributed by atoms with Gasteiger partial charge in [0.25, 0.3) is 0 Å². The van der Waals surface area contributed by atoms with Gasteiger partial charge in [0.15, 0.2) is 11.5 Å². The van der Waals surface area contributed by atoms with Crippen molar-refractivity contribution in [1.29, 1.82) is 0 Å². The Labute approximate surface area is 277 Å². The minimum Gasteiger partial charge on any atom is -0.493 e. The van der Waals surface area contributed by atoms with Crippen LogP contribution in [0.3, 0.4) is 0 Å². The van der Waals surface area contributed by atoms with Gasteiger partial charge >= 0.3 is 0 Å². The Bertz CT molecular complexity index is 1560. The molecule has 10 nitrogen and oxygen atoms in total. The number of carbonyl (C=O) groups excluding carboxylic acids is 3. The molecule has 0 aliphatic heterocycles. The molecule has 46 heavy (non-hydrogen) atoms. The maximum Gasteiger partial charge on any atom is 0.235 e. The van der Waals surface area contributed by atoms with Crippen LogP contribution in [-0.4, -0.2) is 55.2 Å². The third-order valence-electron chi connectivity index (χ3n) is 7.81. The number of Topliss-reactive ketones (excluding diaryl/α,β-unsaturated/α-hetero) is 1. The quantitative estimate of drug-likeness (QED) is 0.176. The fourth-order valence-electron chi connectivity index (χ4n) is 5.89. The van der Waals surface area contributed by atoms with Crippen molar-refractivity contribution < 1.29 is 38.4 Å². The van der Waals surface area contributed by atoms with Crippen LogP contribution in [0, 0.1) is 11.8 Å². The van der Waals surface area contributed by atoms with E-state index in [2.05, 4.69) is 26.6 Å². The third kappa shape index (κ3) is 7.64. The van der Waals surface area contributed by atoms with E-state index >= 15 is 0 Å². The molecule has 2 amide bonds. The molecule has 3 aromatic carbocycles. The van der Waals surface area contributed by atoms with E-state index in [4.69, 9.17) is 18.9 Å². The molecule has 0 bridgehead atoms. The highest BCUT2D eigenvalue weighted by Gasteiger charge is 2.56. The van der Waals surface area contributed by atoms with E-state index in [9.17, 15) is 19.5 Å². The fourth-order valence-corrected chi connectivity index (χ4v) is 6.47. The van der Waals surface area contributed by atoms with Gasteiger partial charge < -0.3 is 34.7 Å². The molecule has 0 saturated heterocycles. The van der Waals surface area contributed by atoms with Crippen LogP contribution in [-0.2, 0) is 14.4 Å². The summed E-state index contributed by atoms with van der Waals surface area (Å²) < 4.78 is 23.5. The highest BCUT2D eigenvalue weighted by atomic mass is 79.9. The maximum atomic E-state index is 14.3. The number of ketones is 1. The molecule has 1 aliphatic rings. The largest absolute Gasteiger partial charge is 0.493 e. The number of ether oxygens (including phenoxy) is 4. The van der Waals surface area contributed by atoms with Gasteiger partial charge in [-0.05, 0) is 85.1 Å². The lowest BCUT2D eigenvalue weighted by molar-refractivity contribution is -0.150. The minimum absolute atomic E-state index is 0.345. The standard InChI is InChI=1S/C35H41BrN2O8/c1-6-17-46-32-22(36)18-21(19-28(32)43-5)29-30(33(40)37-23-13-9-11-15-26(23)44-7-2)25(39)20-35(4,42)31(29)34(41)38-24-14-10-12-16-27(24)45-8-3/h9-16,18-19,29-31,42H,6-8,17,20H2,1-5H3,(H,37,40)(H,38,41). The maximum absolute atomic E-state index is 14.3. The van der Waals surface area contributed by atoms with Crippen molar-refractivity contribution in [3.8, 4) is 23.0 Å². The van der Waals surface area contributed by atoms with E-state index in [1.165, 1.54) is 14.0 Å². The summed E-state index contributed by atoms with van der Waals surface area (Å²) >= 11 is 3.57. The molecular formula is C35H41BrN2O8. The Morgan fingerprint density at radius 1 is 0.891 bits per heavy atom. The van der Waals surface area contributed by atoms with Crippen LogP contribution in [0.15, 0.2) is 65.1 Å². The van der Waals surface area contributed by atoms with E-state index in [1.807, 2.05) is 20.8 Å². The molecule has 1 aliphatic carbocycles. The number of methoxy groups -OCH3 is 1. The van der Waals surface area contributed by atoms with Crippen molar-refractivity contribution in [2.75, 3.05) is 37.6 Å². The molecule has 0 aromatic heterocycles. The normalized spacial score (nSPS) is 20.8. The van der Waals surface area contributed by atoms with Crippen LogP contribution >= 0.6 is 15.9 Å². The fraction of sp³-hybridized carbons (Fsp3) is 0.400. The van der Waals surface area contributed by atoms with Gasteiger partial charge in [-0.1, -0.05) is 31.2 Å². The molecular weight excluding hydrogens is 656 g/mol. The van der Waals surface area contributed by atoms with Gasteiger partial charge in [0.1, 0.15) is 23.2 Å². The van der Waals surface area contributed by atoms with Crippen molar-refractivity contribution >= 4 is 44.9 Å². The monoisotopic (exact) mass is 696 g/mol. The highest BCUT2D eigenvalue weighted by Crippen LogP contribution is 2.50. The lowest BCUT2D eigenvalue weighted by atomic mass is 9.61. The second-order valence-corrected chi connectivity index (χ2v) is 12.1. The third-order valence-corrected chi connectivity index (χ3v) is 8.40. The zero-order valence-electron chi connectivity index (χ0n) is 26.7. The molecule has 0 spiro atoms. The number of halogens is 1. The zero-order chi connectivity index (χ0) is 33.4.